The Hall–Kier alpha value is -2.63. The van der Waals surface area contributed by atoms with Crippen LogP contribution in [0.1, 0.15) is 11.5 Å². The van der Waals surface area contributed by atoms with Crippen molar-refractivity contribution in [1.29, 1.82) is 0 Å². The van der Waals surface area contributed by atoms with Crippen LogP contribution in [0.3, 0.4) is 0 Å². The number of aromatic amines is 1. The molecule has 6 nitrogen and oxygen atoms in total. The lowest BCUT2D eigenvalue weighted by Gasteiger charge is -2.07. The van der Waals surface area contributed by atoms with E-state index in [9.17, 15) is 0 Å². The zero-order valence-corrected chi connectivity index (χ0v) is 10.5. The van der Waals surface area contributed by atoms with Gasteiger partial charge in [0.05, 0.1) is 12.2 Å². The summed E-state index contributed by atoms with van der Waals surface area (Å²) < 4.78 is 1.71. The van der Waals surface area contributed by atoms with Gasteiger partial charge in [0.1, 0.15) is 0 Å². The Morgan fingerprint density at radius 2 is 2.21 bits per heavy atom. The van der Waals surface area contributed by atoms with E-state index in [-0.39, 0.29) is 0 Å². The van der Waals surface area contributed by atoms with Crippen LogP contribution in [0.2, 0.25) is 0 Å². The van der Waals surface area contributed by atoms with Crippen molar-refractivity contribution < 1.29 is 0 Å². The van der Waals surface area contributed by atoms with Gasteiger partial charge < -0.3 is 10.3 Å². The van der Waals surface area contributed by atoms with E-state index in [1.807, 2.05) is 49.5 Å². The van der Waals surface area contributed by atoms with E-state index in [0.29, 0.717) is 0 Å². The lowest BCUT2D eigenvalue weighted by atomic mass is 10.2. The number of H-pyrrole nitrogens is 1. The number of nitrogens with one attached hydrogen (secondary N) is 2. The quantitative estimate of drug-likeness (QED) is 0.746. The highest BCUT2D eigenvalue weighted by molar-refractivity contribution is 5.51. The molecule has 19 heavy (non-hydrogen) atoms. The van der Waals surface area contributed by atoms with Crippen LogP contribution in [-0.4, -0.2) is 25.2 Å². The van der Waals surface area contributed by atoms with Gasteiger partial charge in [-0.05, 0) is 47.7 Å². The van der Waals surface area contributed by atoms with Crippen molar-refractivity contribution in [2.45, 2.75) is 13.5 Å². The SMILES string of the molecule is Cc1nnnn1-c1cccc(NCc2ccc[nH]2)c1. The topological polar surface area (TPSA) is 71.4 Å². The first kappa shape index (κ1) is 11.5. The molecule has 0 aliphatic rings. The van der Waals surface area contributed by atoms with Gasteiger partial charge in [0, 0.05) is 17.6 Å². The average molecular weight is 254 g/mol. The molecule has 0 aliphatic heterocycles. The zero-order chi connectivity index (χ0) is 13.1. The first-order valence-electron chi connectivity index (χ1n) is 6.04. The summed E-state index contributed by atoms with van der Waals surface area (Å²) in [5.74, 6) is 0.765. The lowest BCUT2D eigenvalue weighted by molar-refractivity contribution is 0.779. The maximum Gasteiger partial charge on any atom is 0.153 e. The van der Waals surface area contributed by atoms with Crippen LogP contribution < -0.4 is 5.32 Å². The van der Waals surface area contributed by atoms with Crippen LogP contribution in [0.4, 0.5) is 5.69 Å². The molecule has 2 N–H and O–H groups in total. The van der Waals surface area contributed by atoms with Crippen molar-refractivity contribution in [3.8, 4) is 5.69 Å². The number of nitrogens with zero attached hydrogens (tertiary/aromatic N) is 4. The van der Waals surface area contributed by atoms with Gasteiger partial charge in [0.25, 0.3) is 0 Å². The zero-order valence-electron chi connectivity index (χ0n) is 10.5. The van der Waals surface area contributed by atoms with Crippen molar-refractivity contribution >= 4 is 5.69 Å². The van der Waals surface area contributed by atoms with Gasteiger partial charge in [-0.3, -0.25) is 0 Å². The smallest absolute Gasteiger partial charge is 0.153 e. The van der Waals surface area contributed by atoms with Gasteiger partial charge in [-0.2, -0.15) is 4.68 Å². The van der Waals surface area contributed by atoms with Crippen molar-refractivity contribution in [2.24, 2.45) is 0 Å². The Morgan fingerprint density at radius 3 is 2.95 bits per heavy atom. The summed E-state index contributed by atoms with van der Waals surface area (Å²) >= 11 is 0. The molecule has 96 valence electrons. The van der Waals surface area contributed by atoms with Crippen LogP contribution in [-0.2, 0) is 6.54 Å². The Morgan fingerprint density at radius 1 is 1.26 bits per heavy atom. The predicted molar refractivity (Wildman–Crippen MR) is 72.0 cm³/mol. The molecule has 0 saturated carbocycles. The van der Waals surface area contributed by atoms with Gasteiger partial charge >= 0.3 is 0 Å². The fourth-order valence-electron chi connectivity index (χ4n) is 1.89. The molecule has 2 heterocycles. The van der Waals surface area contributed by atoms with E-state index in [0.717, 1.165) is 29.4 Å². The summed E-state index contributed by atoms with van der Waals surface area (Å²) in [5.41, 5.74) is 3.12. The molecule has 0 bridgehead atoms. The number of tetrazole rings is 1. The van der Waals surface area contributed by atoms with Gasteiger partial charge in [0.2, 0.25) is 0 Å². The molecular weight excluding hydrogens is 240 g/mol. The number of hydrogen-bond acceptors (Lipinski definition) is 4. The van der Waals surface area contributed by atoms with Gasteiger partial charge in [-0.15, -0.1) is 5.10 Å². The summed E-state index contributed by atoms with van der Waals surface area (Å²) in [6, 6.07) is 12.0. The maximum atomic E-state index is 3.96. The minimum absolute atomic E-state index is 0.755. The first-order chi connectivity index (χ1) is 9.33. The number of hydrogen-bond donors (Lipinski definition) is 2. The molecule has 3 rings (SSSR count). The van der Waals surface area contributed by atoms with Gasteiger partial charge in [0.15, 0.2) is 5.82 Å². The van der Waals surface area contributed by atoms with E-state index in [4.69, 9.17) is 0 Å². The average Bonchev–Trinajstić information content (AvgIpc) is 3.08. The Labute approximate surface area is 110 Å². The molecule has 0 atom stereocenters. The summed E-state index contributed by atoms with van der Waals surface area (Å²) in [7, 11) is 0. The molecule has 0 radical (unpaired) electrons. The molecule has 1 aromatic carbocycles. The van der Waals surface area contributed by atoms with Gasteiger partial charge in [-0.25, -0.2) is 0 Å². The lowest BCUT2D eigenvalue weighted by Crippen LogP contribution is -2.03. The number of benzene rings is 1. The largest absolute Gasteiger partial charge is 0.379 e. The van der Waals surface area contributed by atoms with Crippen LogP contribution in [0.15, 0.2) is 42.6 Å². The molecule has 0 spiro atoms. The molecular formula is C13H14N6. The van der Waals surface area contributed by atoms with E-state index >= 15 is 0 Å². The van der Waals surface area contributed by atoms with Crippen molar-refractivity contribution in [3.63, 3.8) is 0 Å². The summed E-state index contributed by atoms with van der Waals surface area (Å²) in [4.78, 5) is 3.16. The molecule has 2 aromatic heterocycles. The molecule has 0 aliphatic carbocycles. The third-order valence-corrected chi connectivity index (χ3v) is 2.86. The van der Waals surface area contributed by atoms with E-state index in [1.54, 1.807) is 4.68 Å². The number of anilines is 1. The first-order valence-corrected chi connectivity index (χ1v) is 6.04. The molecule has 0 amide bonds. The fraction of sp³-hybridized carbons (Fsp3) is 0.154. The molecule has 6 heteroatoms. The highest BCUT2D eigenvalue weighted by Crippen LogP contribution is 2.15. The third kappa shape index (κ3) is 2.47. The second-order valence-corrected chi connectivity index (χ2v) is 4.24. The van der Waals surface area contributed by atoms with E-state index in [1.165, 1.54) is 0 Å². The number of aryl methyl sites for hydroxylation is 1. The minimum atomic E-state index is 0.755. The fourth-order valence-corrected chi connectivity index (χ4v) is 1.89. The van der Waals surface area contributed by atoms with Crippen LogP contribution >= 0.6 is 0 Å². The summed E-state index contributed by atoms with van der Waals surface area (Å²) in [6.07, 6.45) is 1.91. The van der Waals surface area contributed by atoms with Crippen LogP contribution in [0.5, 0.6) is 0 Å². The summed E-state index contributed by atoms with van der Waals surface area (Å²) in [6.45, 7) is 2.63. The predicted octanol–water partition coefficient (Wildman–Crippen LogP) is 1.91. The van der Waals surface area contributed by atoms with Crippen LogP contribution in [0.25, 0.3) is 5.69 Å². The second kappa shape index (κ2) is 4.93. The third-order valence-electron chi connectivity index (χ3n) is 2.86. The molecule has 0 unspecified atom stereocenters. The maximum absolute atomic E-state index is 3.96. The van der Waals surface area contributed by atoms with Crippen molar-refractivity contribution in [3.05, 3.63) is 54.1 Å². The highest BCUT2D eigenvalue weighted by Gasteiger charge is 2.04. The van der Waals surface area contributed by atoms with Crippen LogP contribution in [0, 0.1) is 6.92 Å². The van der Waals surface area contributed by atoms with Crippen molar-refractivity contribution in [1.82, 2.24) is 25.2 Å². The Kier molecular flexibility index (Phi) is 2.97. The standard InChI is InChI=1S/C13H14N6/c1-10-16-17-18-19(10)13-6-2-4-11(8-13)15-9-12-5-3-7-14-12/h2-8,14-15H,9H2,1H3. The second-order valence-electron chi connectivity index (χ2n) is 4.24. The Bertz CT molecular complexity index is 655. The highest BCUT2D eigenvalue weighted by atomic mass is 15.5. The van der Waals surface area contributed by atoms with E-state index < -0.39 is 0 Å². The monoisotopic (exact) mass is 254 g/mol. The normalized spacial score (nSPS) is 10.6. The summed E-state index contributed by atoms with van der Waals surface area (Å²) in [5, 5.41) is 14.9. The number of rotatable bonds is 4. The van der Waals surface area contributed by atoms with Gasteiger partial charge in [-0.1, -0.05) is 6.07 Å². The van der Waals surface area contributed by atoms with Crippen molar-refractivity contribution in [2.75, 3.05) is 5.32 Å². The molecule has 3 aromatic rings. The Balaban J connectivity index is 1.78. The van der Waals surface area contributed by atoms with E-state index in [2.05, 4.69) is 25.8 Å². The minimum Gasteiger partial charge on any atom is -0.379 e. The molecule has 0 fully saturated rings. The number of aromatic nitrogens is 5. The molecule has 0 saturated heterocycles.